The van der Waals surface area contributed by atoms with Crippen LogP contribution in [-0.2, 0) is 33.4 Å². The highest BCUT2D eigenvalue weighted by atomic mass is 16.6. The zero-order valence-corrected chi connectivity index (χ0v) is 19.9. The Labute approximate surface area is 208 Å². The minimum atomic E-state index is -0.829. The Morgan fingerprint density at radius 1 is 0.833 bits per heavy atom. The van der Waals surface area contributed by atoms with Crippen LogP contribution in [0.15, 0.2) is 36.9 Å². The van der Waals surface area contributed by atoms with E-state index in [1.807, 2.05) is 0 Å². The third-order valence-electron chi connectivity index (χ3n) is 6.41. The number of aliphatic carboxylic acids is 1. The van der Waals surface area contributed by atoms with Crippen LogP contribution in [0.1, 0.15) is 61.7 Å². The van der Waals surface area contributed by atoms with Gasteiger partial charge in [-0.2, -0.15) is 0 Å². The molecule has 0 spiro atoms. The maximum absolute atomic E-state index is 12.5. The fraction of sp³-hybridized carbons (Fsp3) is 0.500. The minimum Gasteiger partial charge on any atom is -0.481 e. The van der Waals surface area contributed by atoms with Gasteiger partial charge in [-0.05, 0) is 75.6 Å². The summed E-state index contributed by atoms with van der Waals surface area (Å²) in [5.74, 6) is -3.50. The van der Waals surface area contributed by atoms with Crippen LogP contribution < -0.4 is 4.74 Å². The third-order valence-corrected chi connectivity index (χ3v) is 6.41. The number of carboxylic acid groups (broad SMARTS) is 1. The SMILES string of the molecule is C=CC(=O)OCC(=O)OC1CCC(OC(=O)c2ccc(OC(=O)C3CCC(C(=O)O)CC3)cc2)CC1. The van der Waals surface area contributed by atoms with E-state index in [9.17, 15) is 24.0 Å². The van der Waals surface area contributed by atoms with Crippen molar-refractivity contribution in [2.45, 2.75) is 63.6 Å². The average Bonchev–Trinajstić information content (AvgIpc) is 2.88. The van der Waals surface area contributed by atoms with Crippen LogP contribution in [0.2, 0.25) is 0 Å². The molecule has 0 heterocycles. The van der Waals surface area contributed by atoms with E-state index in [1.165, 1.54) is 24.3 Å². The van der Waals surface area contributed by atoms with Gasteiger partial charge in [-0.25, -0.2) is 14.4 Å². The average molecular weight is 503 g/mol. The number of carbonyl (C=O) groups is 5. The number of hydrogen-bond acceptors (Lipinski definition) is 9. The molecular formula is C26H30O10. The second-order valence-electron chi connectivity index (χ2n) is 8.94. The summed E-state index contributed by atoms with van der Waals surface area (Å²) >= 11 is 0. The van der Waals surface area contributed by atoms with E-state index in [0.717, 1.165) is 6.08 Å². The minimum absolute atomic E-state index is 0.304. The fourth-order valence-electron chi connectivity index (χ4n) is 4.33. The predicted molar refractivity (Wildman–Crippen MR) is 124 cm³/mol. The van der Waals surface area contributed by atoms with Gasteiger partial charge in [0.15, 0.2) is 6.61 Å². The molecule has 2 saturated carbocycles. The first-order chi connectivity index (χ1) is 17.2. The largest absolute Gasteiger partial charge is 0.481 e. The van der Waals surface area contributed by atoms with Crippen LogP contribution in [0.3, 0.4) is 0 Å². The van der Waals surface area contributed by atoms with Crippen molar-refractivity contribution < 1.29 is 48.0 Å². The number of benzene rings is 1. The van der Waals surface area contributed by atoms with E-state index in [-0.39, 0.29) is 18.1 Å². The molecule has 0 bridgehead atoms. The normalized spacial score (nSPS) is 23.6. The molecule has 10 heteroatoms. The number of esters is 4. The highest BCUT2D eigenvalue weighted by Gasteiger charge is 2.31. The highest BCUT2D eigenvalue weighted by Crippen LogP contribution is 2.30. The van der Waals surface area contributed by atoms with Crippen LogP contribution in [0.25, 0.3) is 0 Å². The van der Waals surface area contributed by atoms with Gasteiger partial charge in [0.2, 0.25) is 0 Å². The van der Waals surface area contributed by atoms with E-state index < -0.39 is 42.4 Å². The second-order valence-corrected chi connectivity index (χ2v) is 8.94. The fourth-order valence-corrected chi connectivity index (χ4v) is 4.33. The summed E-state index contributed by atoms with van der Waals surface area (Å²) in [6.07, 6.45) is 4.26. The van der Waals surface area contributed by atoms with Gasteiger partial charge in [-0.15, -0.1) is 0 Å². The molecule has 2 aliphatic carbocycles. The van der Waals surface area contributed by atoms with E-state index in [2.05, 4.69) is 11.3 Å². The van der Waals surface area contributed by atoms with Crippen molar-refractivity contribution in [3.05, 3.63) is 42.5 Å². The van der Waals surface area contributed by atoms with E-state index in [0.29, 0.717) is 62.7 Å². The van der Waals surface area contributed by atoms with Crippen molar-refractivity contribution in [3.63, 3.8) is 0 Å². The molecule has 0 aliphatic heterocycles. The lowest BCUT2D eigenvalue weighted by Gasteiger charge is -2.28. The molecule has 2 fully saturated rings. The van der Waals surface area contributed by atoms with Crippen molar-refractivity contribution in [3.8, 4) is 5.75 Å². The first kappa shape index (κ1) is 26.9. The lowest BCUT2D eigenvalue weighted by molar-refractivity contribution is -0.162. The molecule has 0 amide bonds. The molecule has 2 aliphatic rings. The van der Waals surface area contributed by atoms with E-state index in [4.69, 9.17) is 19.3 Å². The quantitative estimate of drug-likeness (QED) is 0.231. The van der Waals surface area contributed by atoms with Crippen LogP contribution in [0.5, 0.6) is 5.75 Å². The lowest BCUT2D eigenvalue weighted by Crippen LogP contribution is -2.31. The van der Waals surface area contributed by atoms with Gasteiger partial charge in [0, 0.05) is 6.08 Å². The summed E-state index contributed by atoms with van der Waals surface area (Å²) < 4.78 is 20.9. The Morgan fingerprint density at radius 3 is 1.94 bits per heavy atom. The standard InChI is InChI=1S/C26H30O10/c1-2-22(27)33-15-23(28)34-19-11-13-21(14-12-19)36-26(32)18-7-9-20(10-8-18)35-25(31)17-5-3-16(4-6-17)24(29)30/h2,7-10,16-17,19,21H,1,3-6,11-15H2,(H,29,30). The van der Waals surface area contributed by atoms with Gasteiger partial charge in [-0.3, -0.25) is 9.59 Å². The zero-order chi connectivity index (χ0) is 26.1. The van der Waals surface area contributed by atoms with Crippen LogP contribution in [0.4, 0.5) is 0 Å². The van der Waals surface area contributed by atoms with Gasteiger partial charge in [0.05, 0.1) is 17.4 Å². The molecule has 10 nitrogen and oxygen atoms in total. The first-order valence-electron chi connectivity index (χ1n) is 12.0. The van der Waals surface area contributed by atoms with Crippen LogP contribution >= 0.6 is 0 Å². The summed E-state index contributed by atoms with van der Waals surface area (Å²) in [6.45, 7) is 2.77. The number of carboxylic acids is 1. The molecule has 1 aromatic carbocycles. The Bertz CT molecular complexity index is 967. The first-order valence-corrected chi connectivity index (χ1v) is 12.0. The molecule has 194 valence electrons. The molecule has 0 atom stereocenters. The number of rotatable bonds is 9. The summed E-state index contributed by atoms with van der Waals surface area (Å²) in [7, 11) is 0. The predicted octanol–water partition coefficient (Wildman–Crippen LogP) is 3.22. The van der Waals surface area contributed by atoms with Crippen molar-refractivity contribution >= 4 is 29.8 Å². The maximum atomic E-state index is 12.5. The van der Waals surface area contributed by atoms with Crippen LogP contribution in [0, 0.1) is 11.8 Å². The molecule has 0 radical (unpaired) electrons. The number of hydrogen-bond donors (Lipinski definition) is 1. The van der Waals surface area contributed by atoms with Crippen molar-refractivity contribution in [1.82, 2.24) is 0 Å². The molecule has 3 rings (SSSR count). The van der Waals surface area contributed by atoms with Gasteiger partial charge in [0.25, 0.3) is 0 Å². The summed E-state index contributed by atoms with van der Waals surface area (Å²) in [5, 5.41) is 9.07. The molecule has 36 heavy (non-hydrogen) atoms. The smallest absolute Gasteiger partial charge is 0.344 e. The summed E-state index contributed by atoms with van der Waals surface area (Å²) in [6, 6.07) is 6.08. The van der Waals surface area contributed by atoms with E-state index in [1.54, 1.807) is 0 Å². The number of ether oxygens (including phenoxy) is 4. The molecular weight excluding hydrogens is 472 g/mol. The lowest BCUT2D eigenvalue weighted by atomic mass is 9.82. The van der Waals surface area contributed by atoms with Gasteiger partial charge in [0.1, 0.15) is 18.0 Å². The van der Waals surface area contributed by atoms with Crippen molar-refractivity contribution in [2.75, 3.05) is 6.61 Å². The Balaban J connectivity index is 1.38. The van der Waals surface area contributed by atoms with Gasteiger partial charge in [-0.1, -0.05) is 6.58 Å². The Kier molecular flexibility index (Phi) is 9.61. The van der Waals surface area contributed by atoms with Gasteiger partial charge < -0.3 is 24.1 Å². The monoisotopic (exact) mass is 502 g/mol. The molecule has 0 aromatic heterocycles. The summed E-state index contributed by atoms with van der Waals surface area (Å²) in [5.41, 5.74) is 0.314. The topological polar surface area (TPSA) is 142 Å². The summed E-state index contributed by atoms with van der Waals surface area (Å²) in [4.78, 5) is 58.6. The second kappa shape index (κ2) is 12.9. The van der Waals surface area contributed by atoms with Crippen LogP contribution in [-0.4, -0.2) is 53.8 Å². The van der Waals surface area contributed by atoms with Crippen molar-refractivity contribution in [2.24, 2.45) is 11.8 Å². The Morgan fingerprint density at radius 2 is 1.39 bits per heavy atom. The molecule has 1 aromatic rings. The maximum Gasteiger partial charge on any atom is 0.344 e. The number of carbonyl (C=O) groups excluding carboxylic acids is 4. The zero-order valence-electron chi connectivity index (χ0n) is 19.9. The van der Waals surface area contributed by atoms with Gasteiger partial charge >= 0.3 is 29.8 Å². The molecule has 1 N–H and O–H groups in total. The highest BCUT2D eigenvalue weighted by molar-refractivity contribution is 5.89. The molecule has 0 saturated heterocycles. The molecule has 0 unspecified atom stereocenters. The Hall–Kier alpha value is -3.69. The third kappa shape index (κ3) is 7.93. The van der Waals surface area contributed by atoms with Crippen molar-refractivity contribution in [1.29, 1.82) is 0 Å². The van der Waals surface area contributed by atoms with E-state index >= 15 is 0 Å².